The molecule has 1 N–H and O–H groups in total. The zero-order valence-electron chi connectivity index (χ0n) is 14.1. The zero-order chi connectivity index (χ0) is 17.2. The fraction of sp³-hybridized carbons (Fsp3) is 0.350. The maximum Gasteiger partial charge on any atom is 0.173 e. The number of benzene rings is 2. The molecule has 1 aliphatic heterocycles. The van der Waals surface area contributed by atoms with Gasteiger partial charge in [0.1, 0.15) is 0 Å². The number of hydrogen-bond acceptors (Lipinski definition) is 2. The van der Waals surface area contributed by atoms with E-state index in [0.717, 1.165) is 37.0 Å². The highest BCUT2D eigenvalue weighted by Crippen LogP contribution is 2.26. The largest absolute Gasteiger partial charge is 0.346 e. The number of piperazine rings is 1. The van der Waals surface area contributed by atoms with E-state index in [4.69, 9.17) is 23.8 Å². The monoisotopic (exact) mass is 371 g/mol. The molecule has 130 valence electrons. The van der Waals surface area contributed by atoms with Crippen molar-refractivity contribution < 1.29 is 0 Å². The first kappa shape index (κ1) is 16.8. The highest BCUT2D eigenvalue weighted by atomic mass is 35.5. The van der Waals surface area contributed by atoms with Gasteiger partial charge in [0.25, 0.3) is 0 Å². The molecule has 2 aromatic carbocycles. The molecule has 0 amide bonds. The van der Waals surface area contributed by atoms with Crippen molar-refractivity contribution in [1.82, 2.24) is 9.80 Å². The second-order valence-corrected chi connectivity index (χ2v) is 7.56. The first-order valence-electron chi connectivity index (χ1n) is 8.82. The van der Waals surface area contributed by atoms with Gasteiger partial charge in [0.05, 0.1) is 10.7 Å². The van der Waals surface area contributed by atoms with Gasteiger partial charge in [-0.15, -0.1) is 0 Å². The van der Waals surface area contributed by atoms with Gasteiger partial charge in [-0.2, -0.15) is 0 Å². The van der Waals surface area contributed by atoms with Crippen molar-refractivity contribution in [2.24, 2.45) is 0 Å². The first-order chi connectivity index (χ1) is 12.2. The van der Waals surface area contributed by atoms with E-state index in [9.17, 15) is 0 Å². The van der Waals surface area contributed by atoms with Gasteiger partial charge < -0.3 is 10.2 Å². The molecule has 0 atom stereocenters. The Kier molecular flexibility index (Phi) is 4.93. The van der Waals surface area contributed by atoms with Gasteiger partial charge in [-0.3, -0.25) is 4.90 Å². The van der Waals surface area contributed by atoms with Crippen LogP contribution in [0, 0.1) is 0 Å². The van der Waals surface area contributed by atoms with E-state index < -0.39 is 0 Å². The smallest absolute Gasteiger partial charge is 0.173 e. The summed E-state index contributed by atoms with van der Waals surface area (Å²) in [7, 11) is 0. The molecule has 1 aliphatic carbocycles. The maximum atomic E-state index is 6.21. The lowest BCUT2D eigenvalue weighted by Gasteiger charge is -2.39. The molecule has 0 aromatic heterocycles. The summed E-state index contributed by atoms with van der Waals surface area (Å²) in [4.78, 5) is 4.87. The van der Waals surface area contributed by atoms with E-state index in [0.29, 0.717) is 11.1 Å². The molecule has 0 bridgehead atoms. The molecule has 0 spiro atoms. The molecule has 3 nitrogen and oxygen atoms in total. The van der Waals surface area contributed by atoms with Crippen LogP contribution in [0.5, 0.6) is 0 Å². The zero-order valence-corrected chi connectivity index (χ0v) is 15.7. The second kappa shape index (κ2) is 7.32. The number of para-hydroxylation sites is 1. The summed E-state index contributed by atoms with van der Waals surface area (Å²) < 4.78 is 0. The highest BCUT2D eigenvalue weighted by Gasteiger charge is 2.29. The van der Waals surface area contributed by atoms with Crippen LogP contribution in [0.2, 0.25) is 5.02 Å². The number of rotatable bonds is 2. The summed E-state index contributed by atoms with van der Waals surface area (Å²) in [5.41, 5.74) is 3.92. The van der Waals surface area contributed by atoms with Crippen molar-refractivity contribution in [2.75, 3.05) is 31.5 Å². The summed E-state index contributed by atoms with van der Waals surface area (Å²) in [6, 6.07) is 17.2. The third-order valence-electron chi connectivity index (χ3n) is 5.26. The Morgan fingerprint density at radius 2 is 1.52 bits per heavy atom. The number of halogens is 1. The molecule has 2 aromatic rings. The number of thiocarbonyl (C=S) groups is 1. The topological polar surface area (TPSA) is 18.5 Å². The normalized spacial score (nSPS) is 18.2. The molecule has 1 heterocycles. The van der Waals surface area contributed by atoms with E-state index in [1.807, 2.05) is 24.3 Å². The standard InChI is InChI=1S/C20H22ClN3S/c21-18-7-3-4-8-19(18)22-20(25)24-11-9-23(10-12-24)17-13-15-5-1-2-6-16(15)14-17/h1-8,17H,9-14H2,(H,22,25). The Balaban J connectivity index is 1.32. The lowest BCUT2D eigenvalue weighted by Crippen LogP contribution is -2.53. The quantitative estimate of drug-likeness (QED) is 0.808. The third kappa shape index (κ3) is 3.66. The van der Waals surface area contributed by atoms with Crippen LogP contribution >= 0.6 is 23.8 Å². The molecule has 2 aliphatic rings. The van der Waals surface area contributed by atoms with Crippen molar-refractivity contribution in [3.05, 3.63) is 64.7 Å². The number of nitrogens with one attached hydrogen (secondary N) is 1. The van der Waals surface area contributed by atoms with Crippen molar-refractivity contribution in [3.63, 3.8) is 0 Å². The number of anilines is 1. The molecular weight excluding hydrogens is 350 g/mol. The lowest BCUT2D eigenvalue weighted by atomic mass is 10.1. The van der Waals surface area contributed by atoms with E-state index >= 15 is 0 Å². The first-order valence-corrected chi connectivity index (χ1v) is 9.60. The van der Waals surface area contributed by atoms with Crippen LogP contribution < -0.4 is 5.32 Å². The number of nitrogens with zero attached hydrogens (tertiary/aromatic N) is 2. The highest BCUT2D eigenvalue weighted by molar-refractivity contribution is 7.80. The van der Waals surface area contributed by atoms with E-state index in [1.165, 1.54) is 24.0 Å². The lowest BCUT2D eigenvalue weighted by molar-refractivity contribution is 0.137. The van der Waals surface area contributed by atoms with Crippen molar-refractivity contribution >= 4 is 34.6 Å². The summed E-state index contributed by atoms with van der Waals surface area (Å²) in [6.45, 7) is 4.04. The van der Waals surface area contributed by atoms with Gasteiger partial charge in [-0.1, -0.05) is 48.0 Å². The second-order valence-electron chi connectivity index (χ2n) is 6.76. The average molecular weight is 372 g/mol. The van der Waals surface area contributed by atoms with E-state index in [2.05, 4.69) is 39.4 Å². The minimum Gasteiger partial charge on any atom is -0.346 e. The minimum absolute atomic E-state index is 0.643. The van der Waals surface area contributed by atoms with Gasteiger partial charge in [-0.25, -0.2) is 0 Å². The van der Waals surface area contributed by atoms with Gasteiger partial charge in [0.2, 0.25) is 0 Å². The molecule has 5 heteroatoms. The Bertz CT molecular complexity index is 746. The molecule has 4 rings (SSSR count). The Hall–Kier alpha value is -1.62. The van der Waals surface area contributed by atoms with Gasteiger partial charge in [-0.05, 0) is 48.3 Å². The predicted molar refractivity (Wildman–Crippen MR) is 108 cm³/mol. The number of hydrogen-bond donors (Lipinski definition) is 1. The van der Waals surface area contributed by atoms with Gasteiger partial charge in [0.15, 0.2) is 5.11 Å². The van der Waals surface area contributed by atoms with Crippen LogP contribution in [0.3, 0.4) is 0 Å². The van der Waals surface area contributed by atoms with Crippen molar-refractivity contribution in [2.45, 2.75) is 18.9 Å². The fourth-order valence-corrected chi connectivity index (χ4v) is 4.32. The van der Waals surface area contributed by atoms with Crippen molar-refractivity contribution in [3.8, 4) is 0 Å². The van der Waals surface area contributed by atoms with Crippen LogP contribution in [0.1, 0.15) is 11.1 Å². The Morgan fingerprint density at radius 3 is 2.16 bits per heavy atom. The van der Waals surface area contributed by atoms with Crippen LogP contribution in [-0.4, -0.2) is 47.1 Å². The van der Waals surface area contributed by atoms with Crippen molar-refractivity contribution in [1.29, 1.82) is 0 Å². The summed E-state index contributed by atoms with van der Waals surface area (Å²) in [5.74, 6) is 0. The SMILES string of the molecule is S=C(Nc1ccccc1Cl)N1CCN(C2Cc3ccccc3C2)CC1. The van der Waals surface area contributed by atoms with E-state index in [1.54, 1.807) is 0 Å². The molecule has 0 saturated carbocycles. The molecule has 0 unspecified atom stereocenters. The number of fused-ring (bicyclic) bond motifs is 1. The molecule has 1 saturated heterocycles. The molecule has 25 heavy (non-hydrogen) atoms. The van der Waals surface area contributed by atoms with Crippen LogP contribution in [0.25, 0.3) is 0 Å². The fourth-order valence-electron chi connectivity index (χ4n) is 3.84. The summed E-state index contributed by atoms with van der Waals surface area (Å²) in [5, 5.41) is 4.75. The molecule has 0 radical (unpaired) electrons. The maximum absolute atomic E-state index is 6.21. The Morgan fingerprint density at radius 1 is 0.920 bits per heavy atom. The van der Waals surface area contributed by atoms with Crippen LogP contribution in [0.15, 0.2) is 48.5 Å². The summed E-state index contributed by atoms with van der Waals surface area (Å²) >= 11 is 11.8. The summed E-state index contributed by atoms with van der Waals surface area (Å²) in [6.07, 6.45) is 2.36. The average Bonchev–Trinajstić information content (AvgIpc) is 3.08. The van der Waals surface area contributed by atoms with Gasteiger partial charge in [0, 0.05) is 32.2 Å². The predicted octanol–water partition coefficient (Wildman–Crippen LogP) is 3.82. The third-order valence-corrected chi connectivity index (χ3v) is 5.95. The van der Waals surface area contributed by atoms with Gasteiger partial charge >= 0.3 is 0 Å². The molecular formula is C20H22ClN3S. The van der Waals surface area contributed by atoms with Crippen LogP contribution in [-0.2, 0) is 12.8 Å². The van der Waals surface area contributed by atoms with E-state index in [-0.39, 0.29) is 0 Å². The minimum atomic E-state index is 0.643. The molecule has 1 fully saturated rings. The Labute approximate surface area is 159 Å². The van der Waals surface area contributed by atoms with Crippen LogP contribution in [0.4, 0.5) is 5.69 Å².